The minimum atomic E-state index is -4.45. The van der Waals surface area contributed by atoms with Crippen LogP contribution in [0.15, 0.2) is 30.3 Å². The molecule has 0 amide bonds. The summed E-state index contributed by atoms with van der Waals surface area (Å²) in [6.45, 7) is 5.98. The fourth-order valence-corrected chi connectivity index (χ4v) is 3.71. The maximum absolute atomic E-state index is 13.1. The molecule has 0 saturated carbocycles. The van der Waals surface area contributed by atoms with Gasteiger partial charge < -0.3 is 10.5 Å². The number of benzene rings is 1. The van der Waals surface area contributed by atoms with Crippen LogP contribution in [0.3, 0.4) is 0 Å². The summed E-state index contributed by atoms with van der Waals surface area (Å²) in [7, 11) is 0. The minimum absolute atomic E-state index is 0.227. The molecule has 0 saturated heterocycles. The number of fused-ring (bicyclic) bond motifs is 1. The standard InChI is InChI=1S/C22H26F3N3O2/c1-12(2)7-17(26)21(29)30-20-9-13(3)8-19-16(20)11-18(27-28-19)14-5-4-6-15(10-14)22(23,24)25/h4-6,10-13,17,20H,7-9,26H2,1-3H3/t13?,17-,20?/m0/s1. The molecule has 1 heterocycles. The predicted molar refractivity (Wildman–Crippen MR) is 106 cm³/mol. The number of alkyl halides is 3. The Kier molecular flexibility index (Phi) is 6.45. The Labute approximate surface area is 173 Å². The van der Waals surface area contributed by atoms with Crippen LogP contribution < -0.4 is 5.73 Å². The van der Waals surface area contributed by atoms with E-state index in [1.807, 2.05) is 20.8 Å². The van der Waals surface area contributed by atoms with Crippen molar-refractivity contribution >= 4 is 5.97 Å². The molecule has 0 radical (unpaired) electrons. The summed E-state index contributed by atoms with van der Waals surface area (Å²) < 4.78 is 44.9. The Balaban J connectivity index is 1.91. The van der Waals surface area contributed by atoms with Gasteiger partial charge in [0.2, 0.25) is 0 Å². The summed E-state index contributed by atoms with van der Waals surface area (Å²) in [6.07, 6.45) is -3.22. The van der Waals surface area contributed by atoms with Crippen LogP contribution >= 0.6 is 0 Å². The predicted octanol–water partition coefficient (Wildman–Crippen LogP) is 4.70. The van der Waals surface area contributed by atoms with E-state index in [0.717, 1.165) is 12.1 Å². The smallest absolute Gasteiger partial charge is 0.416 e. The lowest BCUT2D eigenvalue weighted by Gasteiger charge is -2.29. The van der Waals surface area contributed by atoms with E-state index in [0.29, 0.717) is 41.8 Å². The molecular formula is C22H26F3N3O2. The van der Waals surface area contributed by atoms with Crippen LogP contribution in [0.5, 0.6) is 0 Å². The zero-order chi connectivity index (χ0) is 22.1. The van der Waals surface area contributed by atoms with E-state index in [1.165, 1.54) is 6.07 Å². The fraction of sp³-hybridized carbons (Fsp3) is 0.500. The third-order valence-electron chi connectivity index (χ3n) is 5.18. The minimum Gasteiger partial charge on any atom is -0.456 e. The van der Waals surface area contributed by atoms with Crippen molar-refractivity contribution in [1.29, 1.82) is 0 Å². The van der Waals surface area contributed by atoms with Crippen molar-refractivity contribution < 1.29 is 22.7 Å². The van der Waals surface area contributed by atoms with Gasteiger partial charge in [0.15, 0.2) is 0 Å². The maximum atomic E-state index is 13.1. The highest BCUT2D eigenvalue weighted by molar-refractivity contribution is 5.76. The molecule has 5 nitrogen and oxygen atoms in total. The van der Waals surface area contributed by atoms with Gasteiger partial charge in [0, 0.05) is 11.1 Å². The largest absolute Gasteiger partial charge is 0.456 e. The van der Waals surface area contributed by atoms with Crippen molar-refractivity contribution in [2.45, 2.75) is 58.4 Å². The summed E-state index contributed by atoms with van der Waals surface area (Å²) in [6, 6.07) is 5.90. The van der Waals surface area contributed by atoms with Crippen LogP contribution in [0.4, 0.5) is 13.2 Å². The number of nitrogens with two attached hydrogens (primary N) is 1. The first-order valence-electron chi connectivity index (χ1n) is 10.0. The third kappa shape index (κ3) is 5.16. The van der Waals surface area contributed by atoms with Gasteiger partial charge >= 0.3 is 12.1 Å². The van der Waals surface area contributed by atoms with Gasteiger partial charge in [0.05, 0.1) is 17.0 Å². The molecule has 0 spiro atoms. The van der Waals surface area contributed by atoms with Crippen molar-refractivity contribution in [2.24, 2.45) is 17.6 Å². The van der Waals surface area contributed by atoms with E-state index in [4.69, 9.17) is 10.5 Å². The van der Waals surface area contributed by atoms with Crippen LogP contribution in [0.25, 0.3) is 11.3 Å². The molecule has 0 aliphatic heterocycles. The zero-order valence-electron chi connectivity index (χ0n) is 17.2. The first kappa shape index (κ1) is 22.2. The summed E-state index contributed by atoms with van der Waals surface area (Å²) in [5.41, 5.74) is 7.19. The summed E-state index contributed by atoms with van der Waals surface area (Å²) in [4.78, 5) is 12.5. The average molecular weight is 421 g/mol. The second kappa shape index (κ2) is 8.71. The number of hydrogen-bond donors (Lipinski definition) is 1. The number of nitrogens with zero attached hydrogens (tertiary/aromatic N) is 2. The zero-order valence-corrected chi connectivity index (χ0v) is 17.2. The van der Waals surface area contributed by atoms with Crippen LogP contribution in [-0.4, -0.2) is 22.2 Å². The van der Waals surface area contributed by atoms with Crippen molar-refractivity contribution in [3.05, 3.63) is 47.2 Å². The Morgan fingerprint density at radius 3 is 2.67 bits per heavy atom. The van der Waals surface area contributed by atoms with Gasteiger partial charge in [0.25, 0.3) is 0 Å². The van der Waals surface area contributed by atoms with Crippen LogP contribution in [-0.2, 0) is 22.1 Å². The second-order valence-corrected chi connectivity index (χ2v) is 8.42. The van der Waals surface area contributed by atoms with E-state index < -0.39 is 29.9 Å². The Morgan fingerprint density at radius 1 is 1.27 bits per heavy atom. The highest BCUT2D eigenvalue weighted by Crippen LogP contribution is 2.37. The molecule has 0 fully saturated rings. The van der Waals surface area contributed by atoms with E-state index >= 15 is 0 Å². The lowest BCUT2D eigenvalue weighted by molar-refractivity contribution is -0.152. The molecule has 162 valence electrons. The molecular weight excluding hydrogens is 395 g/mol. The van der Waals surface area contributed by atoms with E-state index in [1.54, 1.807) is 12.1 Å². The molecule has 1 aromatic carbocycles. The van der Waals surface area contributed by atoms with E-state index in [9.17, 15) is 18.0 Å². The fourth-order valence-electron chi connectivity index (χ4n) is 3.71. The highest BCUT2D eigenvalue weighted by Gasteiger charge is 2.32. The molecule has 2 aromatic rings. The maximum Gasteiger partial charge on any atom is 0.416 e. The molecule has 0 bridgehead atoms. The Hall–Kier alpha value is -2.48. The summed E-state index contributed by atoms with van der Waals surface area (Å²) in [5, 5.41) is 8.36. The number of rotatable bonds is 5. The Bertz CT molecular complexity index is 915. The van der Waals surface area contributed by atoms with E-state index in [-0.39, 0.29) is 11.8 Å². The first-order chi connectivity index (χ1) is 14.0. The number of carbonyl (C=O) groups excluding carboxylic acids is 1. The number of halogens is 3. The van der Waals surface area contributed by atoms with Gasteiger partial charge in [-0.15, -0.1) is 0 Å². The van der Waals surface area contributed by atoms with E-state index in [2.05, 4.69) is 10.2 Å². The molecule has 8 heteroatoms. The van der Waals surface area contributed by atoms with Crippen molar-refractivity contribution in [3.8, 4) is 11.3 Å². The van der Waals surface area contributed by atoms with Crippen molar-refractivity contribution in [3.63, 3.8) is 0 Å². The highest BCUT2D eigenvalue weighted by atomic mass is 19.4. The first-order valence-corrected chi connectivity index (χ1v) is 10.0. The Morgan fingerprint density at radius 2 is 2.00 bits per heavy atom. The molecule has 2 N–H and O–H groups in total. The number of carbonyl (C=O) groups is 1. The molecule has 2 unspecified atom stereocenters. The number of aromatic nitrogens is 2. The van der Waals surface area contributed by atoms with Gasteiger partial charge in [-0.3, -0.25) is 4.79 Å². The molecule has 3 atom stereocenters. The lowest BCUT2D eigenvalue weighted by atomic mass is 9.85. The molecule has 1 aliphatic carbocycles. The lowest BCUT2D eigenvalue weighted by Crippen LogP contribution is -2.35. The molecule has 1 aliphatic rings. The van der Waals surface area contributed by atoms with Crippen LogP contribution in [0.1, 0.15) is 56.5 Å². The van der Waals surface area contributed by atoms with Gasteiger partial charge in [-0.2, -0.15) is 23.4 Å². The summed E-state index contributed by atoms with van der Waals surface area (Å²) in [5.74, 6) is 0.00000527. The number of ether oxygens (including phenoxy) is 1. The van der Waals surface area contributed by atoms with Crippen molar-refractivity contribution in [2.75, 3.05) is 0 Å². The third-order valence-corrected chi connectivity index (χ3v) is 5.18. The number of esters is 1. The topological polar surface area (TPSA) is 78.1 Å². The van der Waals surface area contributed by atoms with Crippen molar-refractivity contribution in [1.82, 2.24) is 10.2 Å². The van der Waals surface area contributed by atoms with Gasteiger partial charge in [-0.25, -0.2) is 0 Å². The van der Waals surface area contributed by atoms with Crippen LogP contribution in [0.2, 0.25) is 0 Å². The van der Waals surface area contributed by atoms with Gasteiger partial charge in [-0.05, 0) is 49.3 Å². The van der Waals surface area contributed by atoms with Crippen LogP contribution in [0, 0.1) is 11.8 Å². The second-order valence-electron chi connectivity index (χ2n) is 8.42. The quantitative estimate of drug-likeness (QED) is 0.708. The molecule has 1 aromatic heterocycles. The molecule has 3 rings (SSSR count). The number of hydrogen-bond acceptors (Lipinski definition) is 5. The molecule has 30 heavy (non-hydrogen) atoms. The monoisotopic (exact) mass is 421 g/mol. The van der Waals surface area contributed by atoms with Gasteiger partial charge in [-0.1, -0.05) is 32.9 Å². The SMILES string of the molecule is CC(C)C[C@H](N)C(=O)OC1CC(C)Cc2nnc(-c3cccc(C(F)(F)F)c3)cc21. The van der Waals surface area contributed by atoms with Gasteiger partial charge in [0.1, 0.15) is 12.1 Å². The average Bonchev–Trinajstić information content (AvgIpc) is 2.66. The normalized spacial score (nSPS) is 20.0. The summed E-state index contributed by atoms with van der Waals surface area (Å²) >= 11 is 0.